The second kappa shape index (κ2) is 6.00. The number of nitrogens with zero attached hydrogens (tertiary/aromatic N) is 1. The van der Waals surface area contributed by atoms with Gasteiger partial charge in [-0.05, 0) is 24.6 Å². The highest BCUT2D eigenvalue weighted by Crippen LogP contribution is 2.05. The lowest BCUT2D eigenvalue weighted by molar-refractivity contribution is 0.0953. The number of hydrogen-bond acceptors (Lipinski definition) is 2. The van der Waals surface area contributed by atoms with Crippen LogP contribution in [0.25, 0.3) is 5.69 Å². The van der Waals surface area contributed by atoms with Crippen LogP contribution in [0.5, 0.6) is 0 Å². The summed E-state index contributed by atoms with van der Waals surface area (Å²) in [5.74, 6) is -0.161. The Balaban J connectivity index is 2.35. The highest BCUT2D eigenvalue weighted by atomic mass is 16.2. The molecule has 1 aromatic carbocycles. The van der Waals surface area contributed by atoms with E-state index in [1.807, 2.05) is 37.3 Å². The number of amides is 1. The summed E-state index contributed by atoms with van der Waals surface area (Å²) >= 11 is 0. The molecule has 0 spiro atoms. The van der Waals surface area contributed by atoms with E-state index in [1.54, 1.807) is 12.3 Å². The van der Waals surface area contributed by atoms with Crippen molar-refractivity contribution >= 4 is 5.91 Å². The van der Waals surface area contributed by atoms with Crippen molar-refractivity contribution in [1.82, 2.24) is 9.88 Å². The lowest BCUT2D eigenvalue weighted by atomic mass is 10.2. The van der Waals surface area contributed by atoms with E-state index in [0.29, 0.717) is 12.1 Å². The fourth-order valence-corrected chi connectivity index (χ4v) is 1.75. The maximum Gasteiger partial charge on any atom is 0.255 e. The zero-order chi connectivity index (χ0) is 13.7. The Hall–Kier alpha value is -2.36. The number of para-hydroxylation sites is 1. The zero-order valence-electron chi connectivity index (χ0n) is 10.8. The molecule has 0 aliphatic rings. The van der Waals surface area contributed by atoms with Crippen molar-refractivity contribution in [2.24, 2.45) is 0 Å². The maximum atomic E-state index is 11.9. The van der Waals surface area contributed by atoms with E-state index in [1.165, 1.54) is 10.6 Å². The summed E-state index contributed by atoms with van der Waals surface area (Å²) in [4.78, 5) is 23.7. The molecule has 1 aromatic heterocycles. The Morgan fingerprint density at radius 3 is 2.58 bits per heavy atom. The normalized spacial score (nSPS) is 10.2. The number of carbonyl (C=O) groups excluding carboxylic acids is 1. The highest BCUT2D eigenvalue weighted by molar-refractivity contribution is 5.93. The molecule has 2 rings (SSSR count). The van der Waals surface area contributed by atoms with Crippen LogP contribution in [-0.4, -0.2) is 17.0 Å². The van der Waals surface area contributed by atoms with Gasteiger partial charge in [-0.1, -0.05) is 25.1 Å². The number of rotatable bonds is 4. The van der Waals surface area contributed by atoms with Crippen LogP contribution in [0.2, 0.25) is 0 Å². The predicted octanol–water partition coefficient (Wildman–Crippen LogP) is 1.98. The van der Waals surface area contributed by atoms with Crippen LogP contribution in [-0.2, 0) is 0 Å². The summed E-state index contributed by atoms with van der Waals surface area (Å²) in [5, 5.41) is 2.79. The minimum atomic E-state index is -0.161. The fraction of sp³-hybridized carbons (Fsp3) is 0.200. The molecule has 1 heterocycles. The lowest BCUT2D eigenvalue weighted by Crippen LogP contribution is -2.26. The molecule has 0 radical (unpaired) electrons. The molecular formula is C15H16N2O2. The number of pyridine rings is 1. The lowest BCUT2D eigenvalue weighted by Gasteiger charge is -2.08. The van der Waals surface area contributed by atoms with Gasteiger partial charge in [0.2, 0.25) is 0 Å². The van der Waals surface area contributed by atoms with Crippen molar-refractivity contribution in [1.29, 1.82) is 0 Å². The molecule has 4 heteroatoms. The second-order valence-electron chi connectivity index (χ2n) is 4.22. The van der Waals surface area contributed by atoms with E-state index in [4.69, 9.17) is 0 Å². The molecule has 19 heavy (non-hydrogen) atoms. The van der Waals surface area contributed by atoms with Crippen molar-refractivity contribution in [2.45, 2.75) is 13.3 Å². The van der Waals surface area contributed by atoms with Gasteiger partial charge in [-0.15, -0.1) is 0 Å². The minimum Gasteiger partial charge on any atom is -0.352 e. The monoisotopic (exact) mass is 256 g/mol. The van der Waals surface area contributed by atoms with Gasteiger partial charge in [0.05, 0.1) is 5.56 Å². The second-order valence-corrected chi connectivity index (χ2v) is 4.22. The molecule has 0 saturated heterocycles. The average molecular weight is 256 g/mol. The van der Waals surface area contributed by atoms with E-state index >= 15 is 0 Å². The van der Waals surface area contributed by atoms with Crippen LogP contribution in [0.4, 0.5) is 0 Å². The van der Waals surface area contributed by atoms with Gasteiger partial charge in [0, 0.05) is 24.5 Å². The van der Waals surface area contributed by atoms with E-state index in [0.717, 1.165) is 12.1 Å². The molecule has 1 N–H and O–H groups in total. The third kappa shape index (κ3) is 3.10. The van der Waals surface area contributed by atoms with E-state index in [-0.39, 0.29) is 11.5 Å². The van der Waals surface area contributed by atoms with Crippen LogP contribution in [0.1, 0.15) is 23.7 Å². The van der Waals surface area contributed by atoms with Gasteiger partial charge in [0.25, 0.3) is 11.5 Å². The SMILES string of the molecule is CCCNC(=O)c1ccc(=O)n(-c2ccccc2)c1. The van der Waals surface area contributed by atoms with Crippen molar-refractivity contribution in [3.8, 4) is 5.69 Å². The fourth-order valence-electron chi connectivity index (χ4n) is 1.75. The van der Waals surface area contributed by atoms with Gasteiger partial charge in [0.1, 0.15) is 0 Å². The molecule has 1 amide bonds. The Morgan fingerprint density at radius 1 is 1.16 bits per heavy atom. The first kappa shape index (κ1) is 13.1. The average Bonchev–Trinajstić information content (AvgIpc) is 2.46. The van der Waals surface area contributed by atoms with Gasteiger partial charge in [-0.25, -0.2) is 0 Å². The van der Waals surface area contributed by atoms with Gasteiger partial charge in [-0.2, -0.15) is 0 Å². The van der Waals surface area contributed by atoms with Gasteiger partial charge in [-0.3, -0.25) is 14.2 Å². The standard InChI is InChI=1S/C15H16N2O2/c1-2-10-16-15(19)12-8-9-14(18)17(11-12)13-6-4-3-5-7-13/h3-9,11H,2,10H2,1H3,(H,16,19). The summed E-state index contributed by atoms with van der Waals surface area (Å²) in [5.41, 5.74) is 1.08. The summed E-state index contributed by atoms with van der Waals surface area (Å²) in [6.45, 7) is 2.62. The minimum absolute atomic E-state index is 0.154. The van der Waals surface area contributed by atoms with Crippen LogP contribution in [0.15, 0.2) is 53.5 Å². The Morgan fingerprint density at radius 2 is 1.89 bits per heavy atom. The summed E-state index contributed by atoms with van der Waals surface area (Å²) in [6, 6.07) is 12.2. The number of carbonyl (C=O) groups is 1. The van der Waals surface area contributed by atoms with Crippen LogP contribution in [0, 0.1) is 0 Å². The molecular weight excluding hydrogens is 240 g/mol. The molecule has 0 atom stereocenters. The third-order valence-electron chi connectivity index (χ3n) is 2.74. The van der Waals surface area contributed by atoms with Gasteiger partial charge in [0.15, 0.2) is 0 Å². The topological polar surface area (TPSA) is 51.1 Å². The number of hydrogen-bond donors (Lipinski definition) is 1. The van der Waals surface area contributed by atoms with Gasteiger partial charge >= 0.3 is 0 Å². The van der Waals surface area contributed by atoms with Crippen LogP contribution < -0.4 is 10.9 Å². The maximum absolute atomic E-state index is 11.9. The highest BCUT2D eigenvalue weighted by Gasteiger charge is 2.07. The Labute approximate surface area is 111 Å². The van der Waals surface area contributed by atoms with Gasteiger partial charge < -0.3 is 5.32 Å². The number of aromatic nitrogens is 1. The third-order valence-corrected chi connectivity index (χ3v) is 2.74. The first-order chi connectivity index (χ1) is 9.22. The molecule has 98 valence electrons. The van der Waals surface area contributed by atoms with Crippen molar-refractivity contribution in [3.63, 3.8) is 0 Å². The largest absolute Gasteiger partial charge is 0.352 e. The smallest absolute Gasteiger partial charge is 0.255 e. The van der Waals surface area contributed by atoms with Crippen molar-refractivity contribution in [2.75, 3.05) is 6.54 Å². The molecule has 0 saturated carbocycles. The molecule has 4 nitrogen and oxygen atoms in total. The van der Waals surface area contributed by atoms with Crippen LogP contribution in [0.3, 0.4) is 0 Å². The Bertz CT molecular complexity index is 618. The number of benzene rings is 1. The summed E-state index contributed by atoms with van der Waals surface area (Å²) < 4.78 is 1.47. The quantitative estimate of drug-likeness (QED) is 0.909. The molecule has 0 aliphatic carbocycles. The van der Waals surface area contributed by atoms with E-state index in [2.05, 4.69) is 5.32 Å². The van der Waals surface area contributed by atoms with Crippen LogP contribution >= 0.6 is 0 Å². The summed E-state index contributed by atoms with van der Waals surface area (Å²) in [7, 11) is 0. The van der Waals surface area contributed by atoms with Crippen molar-refractivity contribution < 1.29 is 4.79 Å². The molecule has 0 bridgehead atoms. The first-order valence-electron chi connectivity index (χ1n) is 6.28. The molecule has 2 aromatic rings. The number of nitrogens with one attached hydrogen (secondary N) is 1. The summed E-state index contributed by atoms with van der Waals surface area (Å²) in [6.07, 6.45) is 2.45. The first-order valence-corrected chi connectivity index (χ1v) is 6.28. The van der Waals surface area contributed by atoms with E-state index < -0.39 is 0 Å². The van der Waals surface area contributed by atoms with Crippen molar-refractivity contribution in [3.05, 3.63) is 64.6 Å². The molecule has 0 fully saturated rings. The Kier molecular flexibility index (Phi) is 4.13. The zero-order valence-corrected chi connectivity index (χ0v) is 10.8. The molecule has 0 aliphatic heterocycles. The predicted molar refractivity (Wildman–Crippen MR) is 74.7 cm³/mol. The van der Waals surface area contributed by atoms with E-state index in [9.17, 15) is 9.59 Å². The molecule has 0 unspecified atom stereocenters.